The van der Waals surface area contributed by atoms with Crippen molar-refractivity contribution in [3.05, 3.63) is 71.9 Å². The van der Waals surface area contributed by atoms with Crippen molar-refractivity contribution in [2.45, 2.75) is 45.7 Å². The quantitative estimate of drug-likeness (QED) is 0.466. The molecule has 1 N–H and O–H groups in total. The highest BCUT2D eigenvalue weighted by Crippen LogP contribution is 2.28. The van der Waals surface area contributed by atoms with Crippen LogP contribution in [0.25, 0.3) is 22.3 Å². The molecule has 0 bridgehead atoms. The number of nitrogens with zero attached hydrogens (tertiary/aromatic N) is 4. The van der Waals surface area contributed by atoms with Crippen LogP contribution in [-0.4, -0.2) is 43.1 Å². The van der Waals surface area contributed by atoms with Crippen molar-refractivity contribution >= 4 is 16.9 Å². The first-order valence-corrected chi connectivity index (χ1v) is 11.5. The van der Waals surface area contributed by atoms with Crippen LogP contribution < -0.4 is 0 Å². The van der Waals surface area contributed by atoms with E-state index in [1.165, 1.54) is 6.07 Å². The molecule has 0 spiro atoms. The van der Waals surface area contributed by atoms with Crippen molar-refractivity contribution in [3.8, 4) is 11.3 Å². The lowest BCUT2D eigenvalue weighted by atomic mass is 10.1. The van der Waals surface area contributed by atoms with Crippen LogP contribution in [0.5, 0.6) is 0 Å². The van der Waals surface area contributed by atoms with Crippen LogP contribution >= 0.6 is 0 Å². The highest BCUT2D eigenvalue weighted by Gasteiger charge is 2.32. The van der Waals surface area contributed by atoms with Crippen molar-refractivity contribution < 1.29 is 9.18 Å². The molecular weight excluding hydrogens is 417 g/mol. The van der Waals surface area contributed by atoms with Gasteiger partial charge in [-0.15, -0.1) is 0 Å². The fraction of sp³-hybridized carbons (Fsp3) is 0.346. The summed E-state index contributed by atoms with van der Waals surface area (Å²) >= 11 is 0. The SMILES string of the molecule is Cc1cc(CCC(=O)N2CC(Cn3ccc4nc(-c5cn[nH]c5)ccc43)C[C@H]2C)ccc1F. The second-order valence-corrected chi connectivity index (χ2v) is 9.14. The molecule has 1 unspecified atom stereocenters. The van der Waals surface area contributed by atoms with Gasteiger partial charge in [0.2, 0.25) is 5.91 Å². The molecule has 2 atom stereocenters. The largest absolute Gasteiger partial charge is 0.346 e. The minimum absolute atomic E-state index is 0.177. The predicted octanol–water partition coefficient (Wildman–Crippen LogP) is 4.74. The maximum absolute atomic E-state index is 13.5. The monoisotopic (exact) mass is 445 g/mol. The van der Waals surface area contributed by atoms with Gasteiger partial charge in [0.05, 0.1) is 22.9 Å². The molecule has 33 heavy (non-hydrogen) atoms. The molecule has 1 aliphatic heterocycles. The number of fused-ring (bicyclic) bond motifs is 1. The number of aromatic nitrogens is 4. The Labute approximate surface area is 192 Å². The summed E-state index contributed by atoms with van der Waals surface area (Å²) in [4.78, 5) is 19.7. The van der Waals surface area contributed by atoms with Gasteiger partial charge in [-0.2, -0.15) is 5.10 Å². The van der Waals surface area contributed by atoms with E-state index < -0.39 is 0 Å². The minimum atomic E-state index is -0.202. The summed E-state index contributed by atoms with van der Waals surface area (Å²) < 4.78 is 15.7. The smallest absolute Gasteiger partial charge is 0.223 e. The molecule has 170 valence electrons. The summed E-state index contributed by atoms with van der Waals surface area (Å²) in [5.74, 6) is 0.378. The minimum Gasteiger partial charge on any atom is -0.346 e. The van der Waals surface area contributed by atoms with E-state index in [1.807, 2.05) is 29.3 Å². The van der Waals surface area contributed by atoms with Gasteiger partial charge in [-0.05, 0) is 68.0 Å². The number of benzene rings is 1. The van der Waals surface area contributed by atoms with Gasteiger partial charge in [-0.1, -0.05) is 12.1 Å². The zero-order chi connectivity index (χ0) is 22.9. The lowest BCUT2D eigenvalue weighted by Crippen LogP contribution is -2.34. The number of nitrogens with one attached hydrogen (secondary N) is 1. The Morgan fingerprint density at radius 1 is 1.24 bits per heavy atom. The number of pyridine rings is 1. The summed E-state index contributed by atoms with van der Waals surface area (Å²) in [7, 11) is 0. The van der Waals surface area contributed by atoms with E-state index >= 15 is 0 Å². The maximum Gasteiger partial charge on any atom is 0.223 e. The summed E-state index contributed by atoms with van der Waals surface area (Å²) in [6, 6.07) is 11.5. The Kier molecular flexibility index (Phi) is 5.70. The molecule has 3 aromatic heterocycles. The Morgan fingerprint density at radius 2 is 2.12 bits per heavy atom. The number of carbonyl (C=O) groups is 1. The topological polar surface area (TPSA) is 66.8 Å². The van der Waals surface area contributed by atoms with Crippen molar-refractivity contribution in [2.75, 3.05) is 6.54 Å². The number of hydrogen-bond acceptors (Lipinski definition) is 3. The van der Waals surface area contributed by atoms with E-state index in [-0.39, 0.29) is 17.8 Å². The molecule has 6 nitrogen and oxygen atoms in total. The first kappa shape index (κ1) is 21.4. The lowest BCUT2D eigenvalue weighted by molar-refractivity contribution is -0.131. The number of rotatable bonds is 6. The van der Waals surface area contributed by atoms with Gasteiger partial charge in [0.15, 0.2) is 0 Å². The standard InChI is InChI=1S/C26H28FN5O/c1-17-11-19(3-5-22(17)27)4-8-26(33)32-16-20(12-18(32)2)15-31-10-9-24-25(31)7-6-23(30-24)21-13-28-29-14-21/h3,5-7,9-11,13-14,18,20H,4,8,12,15-16H2,1-2H3,(H,28,29)/t18-,20?/m1/s1. The third-order valence-corrected chi connectivity index (χ3v) is 6.70. The first-order chi connectivity index (χ1) is 16.0. The van der Waals surface area contributed by atoms with Crippen LogP contribution in [-0.2, 0) is 17.8 Å². The second-order valence-electron chi connectivity index (χ2n) is 9.14. The fourth-order valence-electron chi connectivity index (χ4n) is 4.94. The normalized spacial score (nSPS) is 18.3. The first-order valence-electron chi connectivity index (χ1n) is 11.5. The molecule has 1 saturated heterocycles. The molecule has 1 fully saturated rings. The average molecular weight is 446 g/mol. The molecule has 7 heteroatoms. The van der Waals surface area contributed by atoms with Crippen LogP contribution in [0.3, 0.4) is 0 Å². The molecule has 1 amide bonds. The highest BCUT2D eigenvalue weighted by molar-refractivity contribution is 5.79. The number of halogens is 1. The number of aryl methyl sites for hydroxylation is 2. The van der Waals surface area contributed by atoms with Gasteiger partial charge >= 0.3 is 0 Å². The zero-order valence-electron chi connectivity index (χ0n) is 19.0. The van der Waals surface area contributed by atoms with Gasteiger partial charge in [-0.25, -0.2) is 9.37 Å². The van der Waals surface area contributed by atoms with Crippen LogP contribution in [0.4, 0.5) is 4.39 Å². The van der Waals surface area contributed by atoms with Crippen LogP contribution in [0, 0.1) is 18.7 Å². The molecule has 5 rings (SSSR count). The zero-order valence-corrected chi connectivity index (χ0v) is 19.0. The Hall–Kier alpha value is -3.48. The van der Waals surface area contributed by atoms with E-state index in [0.29, 0.717) is 24.3 Å². The molecule has 0 radical (unpaired) electrons. The summed E-state index contributed by atoms with van der Waals surface area (Å²) in [6.45, 7) is 5.52. The number of amides is 1. The second kappa shape index (κ2) is 8.81. The number of aromatic amines is 1. The van der Waals surface area contributed by atoms with Crippen molar-refractivity contribution in [2.24, 2.45) is 5.92 Å². The van der Waals surface area contributed by atoms with Crippen molar-refractivity contribution in [1.82, 2.24) is 24.6 Å². The van der Waals surface area contributed by atoms with E-state index in [4.69, 9.17) is 4.98 Å². The van der Waals surface area contributed by atoms with E-state index in [1.54, 1.807) is 19.2 Å². The molecule has 4 heterocycles. The van der Waals surface area contributed by atoms with Crippen LogP contribution in [0.15, 0.2) is 55.0 Å². The molecule has 0 aliphatic carbocycles. The van der Waals surface area contributed by atoms with Gasteiger partial charge in [0, 0.05) is 43.5 Å². The molecular formula is C26H28FN5O. The summed E-state index contributed by atoms with van der Waals surface area (Å²) in [5, 5.41) is 6.83. The fourth-order valence-corrected chi connectivity index (χ4v) is 4.94. The maximum atomic E-state index is 13.5. The average Bonchev–Trinajstić information content (AvgIpc) is 3.55. The van der Waals surface area contributed by atoms with Crippen LogP contribution in [0.2, 0.25) is 0 Å². The molecule has 1 aliphatic rings. The molecule has 4 aromatic rings. The summed E-state index contributed by atoms with van der Waals surface area (Å²) in [6.07, 6.45) is 7.78. The van der Waals surface area contributed by atoms with Crippen molar-refractivity contribution in [1.29, 1.82) is 0 Å². The third-order valence-electron chi connectivity index (χ3n) is 6.70. The van der Waals surface area contributed by atoms with E-state index in [0.717, 1.165) is 47.4 Å². The summed E-state index contributed by atoms with van der Waals surface area (Å²) in [5.41, 5.74) is 5.57. The number of hydrogen-bond donors (Lipinski definition) is 1. The Morgan fingerprint density at radius 3 is 2.91 bits per heavy atom. The van der Waals surface area contributed by atoms with Crippen LogP contribution in [0.1, 0.15) is 30.9 Å². The van der Waals surface area contributed by atoms with Gasteiger partial charge in [0.1, 0.15) is 5.82 Å². The number of H-pyrrole nitrogens is 1. The van der Waals surface area contributed by atoms with Crippen molar-refractivity contribution in [3.63, 3.8) is 0 Å². The predicted molar refractivity (Wildman–Crippen MR) is 126 cm³/mol. The van der Waals surface area contributed by atoms with Gasteiger partial charge in [-0.3, -0.25) is 9.89 Å². The number of likely N-dealkylation sites (tertiary alicyclic amines) is 1. The van der Waals surface area contributed by atoms with E-state index in [9.17, 15) is 9.18 Å². The van der Waals surface area contributed by atoms with E-state index in [2.05, 4.69) is 34.0 Å². The number of carbonyl (C=O) groups excluding carboxylic acids is 1. The van der Waals surface area contributed by atoms with Gasteiger partial charge < -0.3 is 9.47 Å². The van der Waals surface area contributed by atoms with Gasteiger partial charge in [0.25, 0.3) is 0 Å². The Balaban J connectivity index is 1.22. The molecule has 1 aromatic carbocycles. The third kappa shape index (κ3) is 4.40. The molecule has 0 saturated carbocycles. The lowest BCUT2D eigenvalue weighted by Gasteiger charge is -2.21. The Bertz CT molecular complexity index is 1280. The highest BCUT2D eigenvalue weighted by atomic mass is 19.1.